The van der Waals surface area contributed by atoms with Crippen LogP contribution in [-0.4, -0.2) is 13.2 Å². The maximum atomic E-state index is 6.02. The van der Waals surface area contributed by atoms with Gasteiger partial charge in [-0.25, -0.2) is 0 Å². The predicted octanol–water partition coefficient (Wildman–Crippen LogP) is 4.36. The van der Waals surface area contributed by atoms with Crippen LogP contribution in [0.25, 0.3) is 0 Å². The van der Waals surface area contributed by atoms with Crippen molar-refractivity contribution in [3.63, 3.8) is 0 Å². The van der Waals surface area contributed by atoms with Crippen molar-refractivity contribution in [3.8, 4) is 11.5 Å². The summed E-state index contributed by atoms with van der Waals surface area (Å²) >= 11 is 0. The highest BCUT2D eigenvalue weighted by Crippen LogP contribution is 2.37. The Morgan fingerprint density at radius 2 is 2.00 bits per heavy atom. The van der Waals surface area contributed by atoms with Gasteiger partial charge in [-0.05, 0) is 42.5 Å². The Bertz CT molecular complexity index is 674. The van der Waals surface area contributed by atoms with Gasteiger partial charge in [-0.1, -0.05) is 36.9 Å². The second-order valence-corrected chi connectivity index (χ2v) is 5.91. The molecule has 0 saturated heterocycles. The van der Waals surface area contributed by atoms with Crippen LogP contribution in [-0.2, 0) is 19.3 Å². The molecule has 0 N–H and O–H groups in total. The Morgan fingerprint density at radius 3 is 2.68 bits per heavy atom. The molecule has 0 aromatic heterocycles. The Labute approximate surface area is 132 Å². The fourth-order valence-corrected chi connectivity index (χ4v) is 2.93. The zero-order valence-electron chi connectivity index (χ0n) is 13.3. The number of benzene rings is 2. The number of fused-ring (bicyclic) bond motifs is 1. The van der Waals surface area contributed by atoms with E-state index in [1.165, 1.54) is 16.7 Å². The second-order valence-electron chi connectivity index (χ2n) is 5.91. The molecule has 0 fully saturated rings. The lowest BCUT2D eigenvalue weighted by molar-refractivity contribution is 0.270. The van der Waals surface area contributed by atoms with Crippen LogP contribution in [0.3, 0.4) is 0 Å². The van der Waals surface area contributed by atoms with Crippen molar-refractivity contribution >= 4 is 0 Å². The lowest BCUT2D eigenvalue weighted by atomic mass is 9.96. The van der Waals surface area contributed by atoms with Crippen molar-refractivity contribution in [2.24, 2.45) is 0 Å². The Kier molecular flexibility index (Phi) is 4.19. The highest BCUT2D eigenvalue weighted by molar-refractivity contribution is 5.50. The molecule has 2 aromatic carbocycles. The molecule has 1 aliphatic heterocycles. The van der Waals surface area contributed by atoms with Crippen molar-refractivity contribution in [2.75, 3.05) is 7.11 Å². The summed E-state index contributed by atoms with van der Waals surface area (Å²) in [6, 6.07) is 14.7. The van der Waals surface area contributed by atoms with E-state index in [1.54, 1.807) is 7.11 Å². The highest BCUT2D eigenvalue weighted by Gasteiger charge is 2.26. The van der Waals surface area contributed by atoms with Crippen molar-refractivity contribution in [2.45, 2.75) is 32.3 Å². The first-order valence-corrected chi connectivity index (χ1v) is 7.73. The topological polar surface area (TPSA) is 18.5 Å². The Hall–Kier alpha value is -2.22. The molecule has 0 bridgehead atoms. The molecule has 2 nitrogen and oxygen atoms in total. The minimum absolute atomic E-state index is 0.0950. The molecule has 0 saturated carbocycles. The normalized spacial score (nSPS) is 16.0. The third kappa shape index (κ3) is 3.01. The zero-order chi connectivity index (χ0) is 15.5. The van der Waals surface area contributed by atoms with E-state index in [4.69, 9.17) is 9.47 Å². The summed E-state index contributed by atoms with van der Waals surface area (Å²) in [5.41, 5.74) is 5.06. The molecule has 0 aliphatic carbocycles. The summed E-state index contributed by atoms with van der Waals surface area (Å²) in [7, 11) is 1.70. The van der Waals surface area contributed by atoms with Gasteiger partial charge in [0.25, 0.3) is 0 Å². The maximum absolute atomic E-state index is 6.02. The monoisotopic (exact) mass is 294 g/mol. The Morgan fingerprint density at radius 1 is 1.23 bits per heavy atom. The average molecular weight is 294 g/mol. The second kappa shape index (κ2) is 6.27. The van der Waals surface area contributed by atoms with Crippen LogP contribution in [0.15, 0.2) is 54.6 Å². The van der Waals surface area contributed by atoms with Gasteiger partial charge in [0, 0.05) is 18.1 Å². The minimum Gasteiger partial charge on any atom is -0.497 e. The quantitative estimate of drug-likeness (QED) is 0.763. The number of hydrogen-bond donors (Lipinski definition) is 0. The van der Waals surface area contributed by atoms with E-state index in [9.17, 15) is 0 Å². The third-order valence-corrected chi connectivity index (χ3v) is 4.24. The van der Waals surface area contributed by atoms with E-state index >= 15 is 0 Å². The number of methoxy groups -OCH3 is 1. The summed E-state index contributed by atoms with van der Waals surface area (Å²) in [5, 5.41) is 0. The summed E-state index contributed by atoms with van der Waals surface area (Å²) in [4.78, 5) is 0. The van der Waals surface area contributed by atoms with Gasteiger partial charge in [-0.3, -0.25) is 0 Å². The maximum Gasteiger partial charge on any atom is 0.127 e. The van der Waals surface area contributed by atoms with E-state index in [0.717, 1.165) is 36.3 Å². The van der Waals surface area contributed by atoms with E-state index in [1.807, 2.05) is 13.0 Å². The van der Waals surface area contributed by atoms with Crippen LogP contribution in [0.1, 0.15) is 23.6 Å². The van der Waals surface area contributed by atoms with Gasteiger partial charge in [-0.15, -0.1) is 0 Å². The summed E-state index contributed by atoms with van der Waals surface area (Å²) < 4.78 is 11.4. The lowest BCUT2D eigenvalue weighted by Crippen LogP contribution is -2.13. The van der Waals surface area contributed by atoms with Gasteiger partial charge in [-0.2, -0.15) is 0 Å². The van der Waals surface area contributed by atoms with Crippen LogP contribution in [0.4, 0.5) is 0 Å². The molecule has 0 amide bonds. The van der Waals surface area contributed by atoms with Gasteiger partial charge in [0.2, 0.25) is 0 Å². The van der Waals surface area contributed by atoms with Crippen molar-refractivity contribution in [3.05, 3.63) is 71.3 Å². The summed E-state index contributed by atoms with van der Waals surface area (Å²) in [5.74, 6) is 1.82. The molecule has 114 valence electrons. The number of aryl methyl sites for hydroxylation is 2. The fourth-order valence-electron chi connectivity index (χ4n) is 2.93. The largest absolute Gasteiger partial charge is 0.497 e. The van der Waals surface area contributed by atoms with Gasteiger partial charge >= 0.3 is 0 Å². The van der Waals surface area contributed by atoms with Crippen LogP contribution in [0.2, 0.25) is 0 Å². The van der Waals surface area contributed by atoms with Crippen LogP contribution in [0.5, 0.6) is 11.5 Å². The average Bonchev–Trinajstić information content (AvgIpc) is 2.97. The zero-order valence-corrected chi connectivity index (χ0v) is 13.3. The molecule has 22 heavy (non-hydrogen) atoms. The molecular weight excluding hydrogens is 272 g/mol. The molecular formula is C20H22O2. The van der Waals surface area contributed by atoms with Crippen LogP contribution in [0, 0.1) is 0 Å². The summed E-state index contributed by atoms with van der Waals surface area (Å²) in [6.07, 6.45) is 3.03. The lowest BCUT2D eigenvalue weighted by Gasteiger charge is -2.10. The molecule has 3 rings (SSSR count). The molecule has 0 radical (unpaired) electrons. The first-order valence-electron chi connectivity index (χ1n) is 7.73. The number of hydrogen-bond acceptors (Lipinski definition) is 2. The number of rotatable bonds is 5. The van der Waals surface area contributed by atoms with Crippen LogP contribution < -0.4 is 9.47 Å². The molecule has 1 atom stereocenters. The minimum atomic E-state index is 0.0950. The predicted molar refractivity (Wildman–Crippen MR) is 89.8 cm³/mol. The van der Waals surface area contributed by atoms with E-state index < -0.39 is 0 Å². The molecule has 2 aromatic rings. The smallest absolute Gasteiger partial charge is 0.127 e. The van der Waals surface area contributed by atoms with Gasteiger partial charge in [0.05, 0.1) is 7.11 Å². The molecule has 0 unspecified atom stereocenters. The third-order valence-electron chi connectivity index (χ3n) is 4.24. The molecule has 2 heteroatoms. The standard InChI is InChI=1S/C20H22O2/c1-14(2)19-13-18-16(10-9-15-7-5-4-6-8-15)11-17(21-3)12-20(18)22-19/h4-8,11-12,19H,1,9-10,13H2,2-3H3/t19-/m1/s1. The van der Waals surface area contributed by atoms with Crippen LogP contribution >= 0.6 is 0 Å². The highest BCUT2D eigenvalue weighted by atomic mass is 16.5. The molecule has 0 spiro atoms. The fraction of sp³-hybridized carbons (Fsp3) is 0.300. The van der Waals surface area contributed by atoms with E-state index in [-0.39, 0.29) is 6.10 Å². The first kappa shape index (κ1) is 14.7. The molecule has 1 aliphatic rings. The van der Waals surface area contributed by atoms with Gasteiger partial charge in [0.15, 0.2) is 0 Å². The van der Waals surface area contributed by atoms with Gasteiger partial charge in [0.1, 0.15) is 17.6 Å². The van der Waals surface area contributed by atoms with Gasteiger partial charge < -0.3 is 9.47 Å². The van der Waals surface area contributed by atoms with E-state index in [0.29, 0.717) is 0 Å². The van der Waals surface area contributed by atoms with Crippen molar-refractivity contribution in [1.29, 1.82) is 0 Å². The van der Waals surface area contributed by atoms with Crippen molar-refractivity contribution < 1.29 is 9.47 Å². The Balaban J connectivity index is 1.85. The SMILES string of the molecule is C=C(C)[C@H]1Cc2c(CCc3ccccc3)cc(OC)cc2O1. The molecule has 1 heterocycles. The first-order chi connectivity index (χ1) is 10.7. The van der Waals surface area contributed by atoms with E-state index in [2.05, 4.69) is 43.0 Å². The summed E-state index contributed by atoms with van der Waals surface area (Å²) in [6.45, 7) is 6.05. The van der Waals surface area contributed by atoms with Crippen molar-refractivity contribution in [1.82, 2.24) is 0 Å². The number of ether oxygens (including phenoxy) is 2.